The number of aliphatic hydroxyl groups is 1. The summed E-state index contributed by atoms with van der Waals surface area (Å²) in [5, 5.41) is 28.9. The van der Waals surface area contributed by atoms with E-state index in [1.807, 2.05) is 64.2 Å². The van der Waals surface area contributed by atoms with Gasteiger partial charge in [-0.05, 0) is 66.6 Å². The molecule has 0 bridgehead atoms. The molecule has 0 unspecified atom stereocenters. The summed E-state index contributed by atoms with van der Waals surface area (Å²) in [7, 11) is -0.278. The maximum atomic E-state index is 14.0. The molecule has 4 N–H and O–H groups in total. The van der Waals surface area contributed by atoms with Crippen LogP contribution in [0.1, 0.15) is 86.4 Å². The summed E-state index contributed by atoms with van der Waals surface area (Å²) in [6.45, 7) is 10.5. The molecule has 6 heterocycles. The van der Waals surface area contributed by atoms with E-state index < -0.39 is 45.4 Å². The van der Waals surface area contributed by atoms with Crippen LogP contribution in [0.15, 0.2) is 77.4 Å². The molecule has 2 saturated heterocycles. The van der Waals surface area contributed by atoms with Gasteiger partial charge in [-0.15, -0.1) is 16.4 Å². The van der Waals surface area contributed by atoms with Crippen LogP contribution in [0.25, 0.3) is 21.5 Å². The third-order valence-corrected chi connectivity index (χ3v) is 17.6. The van der Waals surface area contributed by atoms with Gasteiger partial charge in [0.2, 0.25) is 33.7 Å². The zero-order valence-electron chi connectivity index (χ0n) is 46.2. The lowest BCUT2D eigenvalue weighted by Crippen LogP contribution is -2.58. The van der Waals surface area contributed by atoms with Crippen molar-refractivity contribution in [3.05, 3.63) is 95.1 Å². The molecule has 1 aliphatic carbocycles. The van der Waals surface area contributed by atoms with Crippen molar-refractivity contribution in [3.8, 4) is 10.4 Å². The van der Waals surface area contributed by atoms with Crippen molar-refractivity contribution in [3.63, 3.8) is 0 Å². The van der Waals surface area contributed by atoms with Crippen molar-refractivity contribution in [1.82, 2.24) is 64.2 Å². The highest BCUT2D eigenvalue weighted by atomic mass is 32.2. The standard InChI is InChI=1S/C55H72N14O9S2/c1-36-48(79-35-58-36)38-13-11-37(12-14-38)29-56-51(72)45-28-43(70)33-68(45)53(74)49(55(2,3)4)60-47(71)34-78-26-25-77-24-23-66-32-41(62-63-66)31-65-19-21-67(22-20-65)80(75,76)44-17-15-40(16-18-44)59-54-57-30-39-27-46(52(73)64(5)6)69(50(39)61-54)42-9-7-8-10-42/h11-18,27,30,32,35,42-43,45,49,70H,7-10,19-26,28-29,31,33-34H2,1-6H3,(H,56,72)(H,60,71)(H,57,59,61)/t43-,45+,49-/m1/s1. The Hall–Kier alpha value is -6.74. The summed E-state index contributed by atoms with van der Waals surface area (Å²) in [6.07, 6.45) is 6.89. The number of carbonyl (C=O) groups excluding carboxylic acids is 4. The summed E-state index contributed by atoms with van der Waals surface area (Å²) >= 11 is 1.57. The second kappa shape index (κ2) is 25.4. The number of rotatable bonds is 22. The number of sulfonamides is 1. The molecule has 1 saturated carbocycles. The fourth-order valence-corrected chi connectivity index (χ4v) is 12.6. The quantitative estimate of drug-likeness (QED) is 0.0688. The molecule has 6 aromatic rings. The lowest BCUT2D eigenvalue weighted by Gasteiger charge is -2.35. The van der Waals surface area contributed by atoms with Crippen LogP contribution in [0.3, 0.4) is 0 Å². The number of carbonyl (C=O) groups is 4. The fraction of sp³-hybridized carbons (Fsp3) is 0.509. The number of nitrogens with one attached hydrogen (secondary N) is 3. The van der Waals surface area contributed by atoms with Gasteiger partial charge in [-0.25, -0.2) is 23.1 Å². The Morgan fingerprint density at radius 2 is 1.66 bits per heavy atom. The molecule has 428 valence electrons. The van der Waals surface area contributed by atoms with Crippen LogP contribution >= 0.6 is 11.3 Å². The van der Waals surface area contributed by atoms with Crippen LogP contribution in [-0.4, -0.2) is 182 Å². The van der Waals surface area contributed by atoms with Crippen LogP contribution < -0.4 is 16.0 Å². The predicted octanol–water partition coefficient (Wildman–Crippen LogP) is 4.36. The van der Waals surface area contributed by atoms with E-state index in [4.69, 9.17) is 14.5 Å². The number of benzene rings is 2. The first kappa shape index (κ1) is 57.9. The van der Waals surface area contributed by atoms with Crippen molar-refractivity contribution < 1.29 is 42.2 Å². The van der Waals surface area contributed by atoms with E-state index in [9.17, 15) is 32.7 Å². The highest BCUT2D eigenvalue weighted by Gasteiger charge is 2.44. The van der Waals surface area contributed by atoms with Gasteiger partial charge in [-0.1, -0.05) is 63.1 Å². The molecule has 23 nitrogen and oxygen atoms in total. The lowest BCUT2D eigenvalue weighted by atomic mass is 9.85. The number of piperazine rings is 1. The van der Waals surface area contributed by atoms with Gasteiger partial charge in [0.05, 0.1) is 59.1 Å². The Labute approximate surface area is 470 Å². The van der Waals surface area contributed by atoms with Gasteiger partial charge in [-0.3, -0.25) is 24.1 Å². The number of amides is 4. The van der Waals surface area contributed by atoms with Crippen molar-refractivity contribution in [2.75, 3.05) is 78.6 Å². The number of aliphatic hydroxyl groups excluding tert-OH is 1. The number of nitrogens with zero attached hydrogens (tertiary/aromatic N) is 11. The van der Waals surface area contributed by atoms with Crippen molar-refractivity contribution in [2.45, 2.75) is 109 Å². The molecule has 0 radical (unpaired) electrons. The minimum atomic E-state index is -3.76. The van der Waals surface area contributed by atoms with Crippen LogP contribution in [0.5, 0.6) is 0 Å². The first-order valence-electron chi connectivity index (χ1n) is 27.1. The zero-order chi connectivity index (χ0) is 56.7. The Bertz CT molecular complexity index is 3230. The van der Waals surface area contributed by atoms with E-state index in [0.717, 1.165) is 58.5 Å². The van der Waals surface area contributed by atoms with Crippen LogP contribution in [0.4, 0.5) is 11.6 Å². The number of ether oxygens (including phenoxy) is 2. The minimum Gasteiger partial charge on any atom is -0.391 e. The average molecular weight is 1140 g/mol. The van der Waals surface area contributed by atoms with Crippen molar-refractivity contribution in [1.29, 1.82) is 0 Å². The number of likely N-dealkylation sites (tertiary alicyclic amines) is 1. The third kappa shape index (κ3) is 13.9. The van der Waals surface area contributed by atoms with E-state index in [2.05, 4.69) is 45.7 Å². The number of hydrogen-bond donors (Lipinski definition) is 4. The molecule has 0 spiro atoms. The smallest absolute Gasteiger partial charge is 0.270 e. The number of thiazole rings is 1. The maximum absolute atomic E-state index is 14.0. The van der Waals surface area contributed by atoms with Gasteiger partial charge in [0.1, 0.15) is 30.0 Å². The lowest BCUT2D eigenvalue weighted by molar-refractivity contribution is -0.144. The second-order valence-electron chi connectivity index (χ2n) is 21.9. The normalized spacial score (nSPS) is 18.0. The molecule has 9 rings (SSSR count). The number of β-amino-alcohol motifs (C(OH)–C–C–N with tert-alkyl or cyclic N) is 1. The Kier molecular flexibility index (Phi) is 18.4. The second-order valence-corrected chi connectivity index (χ2v) is 24.7. The van der Waals surface area contributed by atoms with Gasteiger partial charge >= 0.3 is 0 Å². The van der Waals surface area contributed by atoms with E-state index >= 15 is 0 Å². The van der Waals surface area contributed by atoms with Crippen LogP contribution in [0.2, 0.25) is 0 Å². The largest absolute Gasteiger partial charge is 0.391 e. The SMILES string of the molecule is Cc1ncsc1-c1ccc(CNC(=O)[C@@H]2C[C@@H](O)CN2C(=O)[C@@H](NC(=O)COCCOCCn2cc(CN3CCN(S(=O)(=O)c4ccc(Nc5ncc6cc(C(=O)N(C)C)n(C7CCCC7)c6n5)cc4)CC3)nn2)C(C)(C)C)cc1. The van der Waals surface area contributed by atoms with E-state index in [1.54, 1.807) is 71.0 Å². The van der Waals surface area contributed by atoms with Crippen LogP contribution in [0, 0.1) is 12.3 Å². The number of aryl methyl sites for hydroxylation is 1. The van der Waals surface area contributed by atoms with Gasteiger partial charge < -0.3 is 44.9 Å². The Balaban J connectivity index is 0.666. The van der Waals surface area contributed by atoms with Crippen molar-refractivity contribution in [2.24, 2.45) is 5.41 Å². The number of aromatic nitrogens is 7. The van der Waals surface area contributed by atoms with Gasteiger partial charge in [0.15, 0.2) is 0 Å². The monoisotopic (exact) mass is 1140 g/mol. The van der Waals surface area contributed by atoms with Gasteiger partial charge in [-0.2, -0.15) is 9.29 Å². The minimum absolute atomic E-state index is 0.0334. The molecule has 4 amide bonds. The molecule has 25 heteroatoms. The highest BCUT2D eigenvalue weighted by Crippen LogP contribution is 2.35. The Morgan fingerprint density at radius 3 is 2.35 bits per heavy atom. The topological polar surface area (TPSA) is 264 Å². The first-order chi connectivity index (χ1) is 38.3. The predicted molar refractivity (Wildman–Crippen MR) is 300 cm³/mol. The number of anilines is 2. The summed E-state index contributed by atoms with van der Waals surface area (Å²) in [4.78, 5) is 73.7. The van der Waals surface area contributed by atoms with E-state index in [-0.39, 0.29) is 62.1 Å². The molecule has 2 aromatic carbocycles. The molecule has 3 aliphatic rings. The number of hydrogen-bond acceptors (Lipinski definition) is 17. The van der Waals surface area contributed by atoms with Gasteiger partial charge in [0.25, 0.3) is 5.91 Å². The third-order valence-electron chi connectivity index (χ3n) is 14.7. The molecular formula is C55H72N14O9S2. The summed E-state index contributed by atoms with van der Waals surface area (Å²) < 4.78 is 44.0. The zero-order valence-corrected chi connectivity index (χ0v) is 47.8. The molecule has 2 aliphatic heterocycles. The maximum Gasteiger partial charge on any atom is 0.270 e. The fourth-order valence-electron chi connectivity index (χ4n) is 10.4. The molecular weight excluding hydrogens is 1060 g/mol. The molecule has 3 fully saturated rings. The Morgan fingerprint density at radius 1 is 0.938 bits per heavy atom. The average Bonchev–Trinajstić information content (AvgIpc) is 4.36. The van der Waals surface area contributed by atoms with Gasteiger partial charge in [0, 0.05) is 95.8 Å². The number of fused-ring (bicyclic) bond motifs is 1. The molecule has 4 aromatic heterocycles. The summed E-state index contributed by atoms with van der Waals surface area (Å²) in [5.74, 6) is -1.08. The van der Waals surface area contributed by atoms with Crippen molar-refractivity contribution >= 4 is 67.7 Å². The summed E-state index contributed by atoms with van der Waals surface area (Å²) in [6, 6.07) is 14.5. The first-order valence-corrected chi connectivity index (χ1v) is 29.4. The summed E-state index contributed by atoms with van der Waals surface area (Å²) in [5.41, 5.74) is 6.61. The van der Waals surface area contributed by atoms with E-state index in [0.29, 0.717) is 68.9 Å². The highest BCUT2D eigenvalue weighted by molar-refractivity contribution is 7.89. The van der Waals surface area contributed by atoms with Crippen LogP contribution in [-0.2, 0) is 53.5 Å². The molecule has 80 heavy (non-hydrogen) atoms. The van der Waals surface area contributed by atoms with E-state index in [1.165, 1.54) is 9.21 Å². The molecule has 3 atom stereocenters.